The number of aryl methyl sites for hydroxylation is 1. The zero-order valence-corrected chi connectivity index (χ0v) is 14.1. The summed E-state index contributed by atoms with van der Waals surface area (Å²) in [4.78, 5) is 0. The predicted molar refractivity (Wildman–Crippen MR) is 97.5 cm³/mol. The Balaban J connectivity index is 2.10. The largest absolute Gasteiger partial charge is 0.340 e. The summed E-state index contributed by atoms with van der Waals surface area (Å²) in [5.74, 6) is 0.778. The Labute approximate surface area is 133 Å². The minimum Gasteiger partial charge on any atom is -0.340 e. The molecule has 0 amide bonds. The molecule has 0 bridgehead atoms. The standard InChI is InChI=1S/C21H27N/c1-4-6-9-17(5-2)15-22-20-11-8-7-10-18(20)19-14-16(3)12-13-21(19)22/h7-8,10-14,17H,4-6,9,15H2,1-3H3. The van der Waals surface area contributed by atoms with Crippen LogP contribution in [-0.4, -0.2) is 4.57 Å². The van der Waals surface area contributed by atoms with E-state index < -0.39 is 0 Å². The van der Waals surface area contributed by atoms with Gasteiger partial charge >= 0.3 is 0 Å². The molecule has 1 atom stereocenters. The molecule has 1 heterocycles. The van der Waals surface area contributed by atoms with Crippen molar-refractivity contribution in [2.75, 3.05) is 0 Å². The van der Waals surface area contributed by atoms with Crippen molar-refractivity contribution in [2.24, 2.45) is 5.92 Å². The van der Waals surface area contributed by atoms with Gasteiger partial charge in [0.15, 0.2) is 0 Å². The maximum atomic E-state index is 2.55. The Morgan fingerprint density at radius 2 is 1.73 bits per heavy atom. The van der Waals surface area contributed by atoms with Gasteiger partial charge in [0.1, 0.15) is 0 Å². The summed E-state index contributed by atoms with van der Waals surface area (Å²) >= 11 is 0. The van der Waals surface area contributed by atoms with E-state index in [1.54, 1.807) is 0 Å². The van der Waals surface area contributed by atoms with Crippen LogP contribution in [0.3, 0.4) is 0 Å². The van der Waals surface area contributed by atoms with Gasteiger partial charge in [0.05, 0.1) is 0 Å². The Hall–Kier alpha value is -1.76. The average molecular weight is 293 g/mol. The van der Waals surface area contributed by atoms with Crippen LogP contribution < -0.4 is 0 Å². The number of aromatic nitrogens is 1. The molecule has 0 spiro atoms. The smallest absolute Gasteiger partial charge is 0.0491 e. The second-order valence-corrected chi connectivity index (χ2v) is 6.56. The van der Waals surface area contributed by atoms with E-state index in [-0.39, 0.29) is 0 Å². The molecule has 116 valence electrons. The molecule has 1 unspecified atom stereocenters. The quantitative estimate of drug-likeness (QED) is 0.501. The first-order valence-electron chi connectivity index (χ1n) is 8.72. The molecule has 22 heavy (non-hydrogen) atoms. The number of para-hydroxylation sites is 1. The fourth-order valence-corrected chi connectivity index (χ4v) is 3.54. The predicted octanol–water partition coefficient (Wildman–Crippen LogP) is 6.32. The second-order valence-electron chi connectivity index (χ2n) is 6.56. The van der Waals surface area contributed by atoms with Crippen LogP contribution in [0.1, 0.15) is 45.1 Å². The molecule has 0 aliphatic rings. The summed E-state index contributed by atoms with van der Waals surface area (Å²) in [6, 6.07) is 15.7. The second kappa shape index (κ2) is 6.56. The van der Waals surface area contributed by atoms with E-state index >= 15 is 0 Å². The number of nitrogens with zero attached hydrogens (tertiary/aromatic N) is 1. The highest BCUT2D eigenvalue weighted by Gasteiger charge is 2.14. The first kappa shape index (κ1) is 15.1. The maximum absolute atomic E-state index is 2.55. The van der Waals surface area contributed by atoms with Crippen molar-refractivity contribution in [2.45, 2.75) is 53.0 Å². The Bertz CT molecular complexity index is 766. The van der Waals surface area contributed by atoms with Gasteiger partial charge in [-0.2, -0.15) is 0 Å². The van der Waals surface area contributed by atoms with Gasteiger partial charge in [-0.3, -0.25) is 0 Å². The summed E-state index contributed by atoms with van der Waals surface area (Å²) in [6.45, 7) is 7.94. The monoisotopic (exact) mass is 293 g/mol. The van der Waals surface area contributed by atoms with Gasteiger partial charge < -0.3 is 4.57 Å². The summed E-state index contributed by atoms with van der Waals surface area (Å²) in [5, 5.41) is 2.80. The van der Waals surface area contributed by atoms with Gasteiger partial charge in [-0.15, -0.1) is 0 Å². The number of hydrogen-bond donors (Lipinski definition) is 0. The van der Waals surface area contributed by atoms with Gasteiger partial charge in [0, 0.05) is 28.4 Å². The van der Waals surface area contributed by atoms with Crippen molar-refractivity contribution in [3.8, 4) is 0 Å². The van der Waals surface area contributed by atoms with Crippen LogP contribution in [0.2, 0.25) is 0 Å². The molecule has 1 nitrogen and oxygen atoms in total. The first-order chi connectivity index (χ1) is 10.7. The molecule has 1 heteroatoms. The molecule has 0 aliphatic carbocycles. The SMILES string of the molecule is CCCCC(CC)Cn1c2ccccc2c2cc(C)ccc21. The highest BCUT2D eigenvalue weighted by atomic mass is 15.0. The van der Waals surface area contributed by atoms with Gasteiger partial charge in [-0.05, 0) is 37.5 Å². The lowest BCUT2D eigenvalue weighted by Gasteiger charge is -2.17. The van der Waals surface area contributed by atoms with Crippen molar-refractivity contribution in [1.29, 1.82) is 0 Å². The van der Waals surface area contributed by atoms with Crippen LogP contribution in [-0.2, 0) is 6.54 Å². The normalized spacial score (nSPS) is 13.0. The molecule has 3 aromatic rings. The lowest BCUT2D eigenvalue weighted by Crippen LogP contribution is -2.10. The third kappa shape index (κ3) is 2.77. The van der Waals surface area contributed by atoms with E-state index in [2.05, 4.69) is 67.8 Å². The highest BCUT2D eigenvalue weighted by molar-refractivity contribution is 6.08. The molecule has 0 N–H and O–H groups in total. The molecule has 0 fully saturated rings. The number of rotatable bonds is 6. The van der Waals surface area contributed by atoms with Gasteiger partial charge in [0.2, 0.25) is 0 Å². The fraction of sp³-hybridized carbons (Fsp3) is 0.429. The van der Waals surface area contributed by atoms with Crippen molar-refractivity contribution >= 4 is 21.8 Å². The summed E-state index contributed by atoms with van der Waals surface area (Å²) in [5.41, 5.74) is 4.12. The summed E-state index contributed by atoms with van der Waals surface area (Å²) < 4.78 is 2.55. The topological polar surface area (TPSA) is 4.93 Å². The number of unbranched alkanes of at least 4 members (excludes halogenated alkanes) is 1. The zero-order valence-electron chi connectivity index (χ0n) is 14.1. The molecule has 0 radical (unpaired) electrons. The summed E-state index contributed by atoms with van der Waals surface area (Å²) in [6.07, 6.45) is 5.24. The van der Waals surface area contributed by atoms with E-state index in [1.807, 2.05) is 0 Å². The van der Waals surface area contributed by atoms with Crippen LogP contribution in [0.25, 0.3) is 21.8 Å². The van der Waals surface area contributed by atoms with Crippen molar-refractivity contribution in [3.05, 3.63) is 48.0 Å². The van der Waals surface area contributed by atoms with E-state index in [0.29, 0.717) is 0 Å². The molecular weight excluding hydrogens is 266 g/mol. The third-order valence-corrected chi connectivity index (χ3v) is 4.91. The first-order valence-corrected chi connectivity index (χ1v) is 8.72. The van der Waals surface area contributed by atoms with Crippen molar-refractivity contribution < 1.29 is 0 Å². The molecule has 1 aromatic heterocycles. The lowest BCUT2D eigenvalue weighted by molar-refractivity contribution is 0.401. The van der Waals surface area contributed by atoms with E-state index in [1.165, 1.54) is 53.1 Å². The van der Waals surface area contributed by atoms with Crippen LogP contribution in [0.4, 0.5) is 0 Å². The van der Waals surface area contributed by atoms with Crippen LogP contribution in [0.15, 0.2) is 42.5 Å². The van der Waals surface area contributed by atoms with Crippen LogP contribution in [0, 0.1) is 12.8 Å². The molecule has 0 saturated heterocycles. The molecule has 0 saturated carbocycles. The van der Waals surface area contributed by atoms with E-state index in [0.717, 1.165) is 12.5 Å². The van der Waals surface area contributed by atoms with Gasteiger partial charge in [-0.25, -0.2) is 0 Å². The number of benzene rings is 2. The van der Waals surface area contributed by atoms with E-state index in [4.69, 9.17) is 0 Å². The lowest BCUT2D eigenvalue weighted by atomic mass is 9.99. The van der Waals surface area contributed by atoms with Crippen molar-refractivity contribution in [1.82, 2.24) is 4.57 Å². The van der Waals surface area contributed by atoms with Crippen LogP contribution >= 0.6 is 0 Å². The number of fused-ring (bicyclic) bond motifs is 3. The molecular formula is C21H27N. The van der Waals surface area contributed by atoms with Gasteiger partial charge in [0.25, 0.3) is 0 Å². The Kier molecular flexibility index (Phi) is 4.52. The Morgan fingerprint density at radius 1 is 0.955 bits per heavy atom. The minimum atomic E-state index is 0.778. The minimum absolute atomic E-state index is 0.778. The Morgan fingerprint density at radius 3 is 2.50 bits per heavy atom. The molecule has 3 rings (SSSR count). The highest BCUT2D eigenvalue weighted by Crippen LogP contribution is 2.31. The average Bonchev–Trinajstić information content (AvgIpc) is 2.85. The summed E-state index contributed by atoms with van der Waals surface area (Å²) in [7, 11) is 0. The maximum Gasteiger partial charge on any atom is 0.0491 e. The molecule has 2 aromatic carbocycles. The zero-order chi connectivity index (χ0) is 15.5. The van der Waals surface area contributed by atoms with Crippen molar-refractivity contribution in [3.63, 3.8) is 0 Å². The third-order valence-electron chi connectivity index (χ3n) is 4.91. The van der Waals surface area contributed by atoms with E-state index in [9.17, 15) is 0 Å². The van der Waals surface area contributed by atoms with Gasteiger partial charge in [-0.1, -0.05) is 62.9 Å². The number of hydrogen-bond acceptors (Lipinski definition) is 0. The van der Waals surface area contributed by atoms with Crippen LogP contribution in [0.5, 0.6) is 0 Å². The molecule has 0 aliphatic heterocycles. The fourth-order valence-electron chi connectivity index (χ4n) is 3.54.